The topological polar surface area (TPSA) is 67.1 Å². The highest BCUT2D eigenvalue weighted by molar-refractivity contribution is 6.09. The fourth-order valence-electron chi connectivity index (χ4n) is 3.78. The molecule has 0 N–H and O–H groups in total. The molecule has 1 aromatic heterocycles. The van der Waals surface area contributed by atoms with Crippen molar-refractivity contribution >= 4 is 16.8 Å². The zero-order valence-corrected chi connectivity index (χ0v) is 14.3. The Bertz CT molecular complexity index is 1030. The zero-order valence-electron chi connectivity index (χ0n) is 14.3. The third-order valence-electron chi connectivity index (χ3n) is 5.03. The maximum absolute atomic E-state index is 13.3. The van der Waals surface area contributed by atoms with Gasteiger partial charge in [0.2, 0.25) is 0 Å². The van der Waals surface area contributed by atoms with E-state index in [1.54, 1.807) is 44.7 Å². The summed E-state index contributed by atoms with van der Waals surface area (Å²) in [6.07, 6.45) is 1.19. The molecular formula is C20H16O6. The molecule has 132 valence electrons. The van der Waals surface area contributed by atoms with E-state index in [0.29, 0.717) is 34.1 Å². The molecule has 0 fully saturated rings. The van der Waals surface area contributed by atoms with Crippen LogP contribution < -0.4 is 18.9 Å². The van der Waals surface area contributed by atoms with Gasteiger partial charge >= 0.3 is 0 Å². The average molecular weight is 352 g/mol. The second kappa shape index (κ2) is 5.42. The van der Waals surface area contributed by atoms with Crippen molar-refractivity contribution in [1.29, 1.82) is 0 Å². The van der Waals surface area contributed by atoms with Crippen molar-refractivity contribution in [3.63, 3.8) is 0 Å². The van der Waals surface area contributed by atoms with Gasteiger partial charge in [-0.2, -0.15) is 0 Å². The van der Waals surface area contributed by atoms with Crippen LogP contribution >= 0.6 is 0 Å². The molecule has 6 heteroatoms. The van der Waals surface area contributed by atoms with Gasteiger partial charge in [-0.15, -0.1) is 0 Å². The molecule has 0 amide bonds. The Hall–Kier alpha value is -3.15. The normalized spacial score (nSPS) is 20.5. The minimum atomic E-state index is -0.449. The highest BCUT2D eigenvalue weighted by Crippen LogP contribution is 2.48. The lowest BCUT2D eigenvalue weighted by Crippen LogP contribution is -2.43. The number of ketones is 1. The highest BCUT2D eigenvalue weighted by Gasteiger charge is 2.44. The van der Waals surface area contributed by atoms with Gasteiger partial charge in [0.15, 0.2) is 17.3 Å². The van der Waals surface area contributed by atoms with Crippen LogP contribution in [0.15, 0.2) is 41.0 Å². The number of rotatable bonds is 2. The fourth-order valence-corrected chi connectivity index (χ4v) is 3.78. The lowest BCUT2D eigenvalue weighted by molar-refractivity contribution is 0.0566. The van der Waals surface area contributed by atoms with Gasteiger partial charge in [-0.05, 0) is 24.3 Å². The number of furan rings is 1. The van der Waals surface area contributed by atoms with Gasteiger partial charge in [0, 0.05) is 11.6 Å². The number of carbonyl (C=O) groups is 1. The number of benzene rings is 2. The number of methoxy groups -OCH3 is 2. The first-order valence-electron chi connectivity index (χ1n) is 8.31. The largest absolute Gasteiger partial charge is 0.493 e. The van der Waals surface area contributed by atoms with Crippen LogP contribution in [0.2, 0.25) is 0 Å². The minimum Gasteiger partial charge on any atom is -0.493 e. The summed E-state index contributed by atoms with van der Waals surface area (Å²) < 4.78 is 28.2. The van der Waals surface area contributed by atoms with Crippen molar-refractivity contribution in [3.05, 3.63) is 47.7 Å². The number of fused-ring (bicyclic) bond motifs is 6. The van der Waals surface area contributed by atoms with Crippen molar-refractivity contribution < 1.29 is 28.2 Å². The second-order valence-corrected chi connectivity index (χ2v) is 6.33. The van der Waals surface area contributed by atoms with Crippen LogP contribution in [0.5, 0.6) is 23.0 Å². The molecule has 5 rings (SSSR count). The summed E-state index contributed by atoms with van der Waals surface area (Å²) in [5.41, 5.74) is 2.00. The first-order valence-corrected chi connectivity index (χ1v) is 8.31. The number of hydrogen-bond donors (Lipinski definition) is 0. The molecule has 2 aromatic carbocycles. The van der Waals surface area contributed by atoms with Gasteiger partial charge in [0.25, 0.3) is 0 Å². The van der Waals surface area contributed by atoms with E-state index in [2.05, 4.69) is 0 Å². The number of Topliss-reactive ketones (excluding diaryl/α,β-unsaturated/α-hetero) is 1. The van der Waals surface area contributed by atoms with Crippen molar-refractivity contribution in [1.82, 2.24) is 0 Å². The van der Waals surface area contributed by atoms with Gasteiger partial charge in [-0.25, -0.2) is 0 Å². The summed E-state index contributed by atoms with van der Waals surface area (Å²) in [7, 11) is 3.13. The molecule has 6 nitrogen and oxygen atoms in total. The Morgan fingerprint density at radius 2 is 1.88 bits per heavy atom. The van der Waals surface area contributed by atoms with E-state index in [9.17, 15) is 4.79 Å². The van der Waals surface area contributed by atoms with E-state index in [1.807, 2.05) is 6.07 Å². The highest BCUT2D eigenvalue weighted by atomic mass is 16.5. The van der Waals surface area contributed by atoms with Gasteiger partial charge in [-0.3, -0.25) is 4.79 Å². The Balaban J connectivity index is 1.67. The summed E-state index contributed by atoms with van der Waals surface area (Å²) in [4.78, 5) is 13.3. The molecule has 26 heavy (non-hydrogen) atoms. The molecule has 0 saturated carbocycles. The van der Waals surface area contributed by atoms with Gasteiger partial charge in [-0.1, -0.05) is 0 Å². The number of ether oxygens (including phenoxy) is 4. The molecule has 2 aliphatic heterocycles. The quantitative estimate of drug-likeness (QED) is 0.702. The second-order valence-electron chi connectivity index (χ2n) is 6.33. The molecule has 2 aliphatic rings. The summed E-state index contributed by atoms with van der Waals surface area (Å²) >= 11 is 0. The van der Waals surface area contributed by atoms with Crippen molar-refractivity contribution in [2.75, 3.05) is 20.8 Å². The van der Waals surface area contributed by atoms with Crippen LogP contribution in [0.4, 0.5) is 0 Å². The predicted molar refractivity (Wildman–Crippen MR) is 92.7 cm³/mol. The number of hydrogen-bond acceptors (Lipinski definition) is 6. The third kappa shape index (κ3) is 1.95. The van der Waals surface area contributed by atoms with Gasteiger partial charge < -0.3 is 23.4 Å². The molecule has 3 heterocycles. The fraction of sp³-hybridized carbons (Fsp3) is 0.250. The molecule has 0 radical (unpaired) electrons. The van der Waals surface area contributed by atoms with Crippen molar-refractivity contribution in [2.24, 2.45) is 0 Å². The third-order valence-corrected chi connectivity index (χ3v) is 5.03. The van der Waals surface area contributed by atoms with E-state index in [4.69, 9.17) is 23.4 Å². The van der Waals surface area contributed by atoms with E-state index in [1.165, 1.54) is 0 Å². The van der Waals surface area contributed by atoms with Gasteiger partial charge in [0.1, 0.15) is 29.8 Å². The lowest BCUT2D eigenvalue weighted by Gasteiger charge is -2.37. The average Bonchev–Trinajstić information content (AvgIpc) is 3.15. The number of carbonyl (C=O) groups excluding carboxylic acids is 1. The Morgan fingerprint density at radius 1 is 1.08 bits per heavy atom. The Labute approximate surface area is 149 Å². The summed E-state index contributed by atoms with van der Waals surface area (Å²) in [5.74, 6) is 1.86. The van der Waals surface area contributed by atoms with E-state index in [0.717, 1.165) is 10.9 Å². The van der Waals surface area contributed by atoms with Crippen LogP contribution in [0.1, 0.15) is 21.8 Å². The summed E-state index contributed by atoms with van der Waals surface area (Å²) in [6.45, 7) is 0.284. The van der Waals surface area contributed by atoms with Crippen LogP contribution in [0.25, 0.3) is 11.0 Å². The molecule has 2 atom stereocenters. The van der Waals surface area contributed by atoms with Crippen molar-refractivity contribution in [3.8, 4) is 23.0 Å². The van der Waals surface area contributed by atoms with Crippen LogP contribution in [0, 0.1) is 0 Å². The van der Waals surface area contributed by atoms with E-state index < -0.39 is 12.0 Å². The Kier molecular flexibility index (Phi) is 3.16. The zero-order chi connectivity index (χ0) is 17.8. The molecule has 0 bridgehead atoms. The molecule has 3 aromatic rings. The smallest absolute Gasteiger partial charge is 0.178 e. The van der Waals surface area contributed by atoms with Crippen LogP contribution in [-0.2, 0) is 0 Å². The predicted octanol–water partition coefficient (Wildman–Crippen LogP) is 3.57. The molecule has 0 spiro atoms. The SMILES string of the molecule is COc1cc2c(cc1OC)[C@@H]1C(=O)c3ccc4occc4c3O[C@H]1CO2. The first kappa shape index (κ1) is 15.1. The van der Waals surface area contributed by atoms with E-state index in [-0.39, 0.29) is 12.4 Å². The Morgan fingerprint density at radius 3 is 2.69 bits per heavy atom. The molecule has 0 aliphatic carbocycles. The van der Waals surface area contributed by atoms with Crippen LogP contribution in [-0.4, -0.2) is 32.7 Å². The van der Waals surface area contributed by atoms with Gasteiger partial charge in [0.05, 0.1) is 37.4 Å². The maximum Gasteiger partial charge on any atom is 0.178 e. The molecule has 0 saturated heterocycles. The lowest BCUT2D eigenvalue weighted by atomic mass is 9.81. The maximum atomic E-state index is 13.3. The minimum absolute atomic E-state index is 0.0103. The molecule has 0 unspecified atom stereocenters. The first-order chi connectivity index (χ1) is 12.7. The standard InChI is InChI=1S/C20H16O6/c1-22-15-7-12-14(8-16(15)23-2)25-9-17-18(12)19(21)11-3-4-13-10(5-6-24-13)20(11)26-17/h3-8,17-18H,9H2,1-2H3/t17-,18-/m0/s1. The van der Waals surface area contributed by atoms with Crippen molar-refractivity contribution in [2.45, 2.75) is 12.0 Å². The molecular weight excluding hydrogens is 336 g/mol. The van der Waals surface area contributed by atoms with Crippen LogP contribution in [0.3, 0.4) is 0 Å². The summed E-state index contributed by atoms with van der Waals surface area (Å²) in [5, 5.41) is 0.799. The summed E-state index contributed by atoms with van der Waals surface area (Å²) in [6, 6.07) is 8.92. The monoisotopic (exact) mass is 352 g/mol. The van der Waals surface area contributed by atoms with E-state index >= 15 is 0 Å².